The molecule has 2 rings (SSSR count). The predicted molar refractivity (Wildman–Crippen MR) is 74.1 cm³/mol. The van der Waals surface area contributed by atoms with Crippen LogP contribution < -0.4 is 4.90 Å². The third-order valence-corrected chi connectivity index (χ3v) is 3.62. The molecule has 0 radical (unpaired) electrons. The standard InChI is InChI=1S/C13H17N3O4/c1-2-15(13(17)18)12-7-8-14(9-12)10-3-5-11(6-4-10)16(19)20/h3-6,12H,2,7-9H2,1H3,(H,17,18). The molecule has 20 heavy (non-hydrogen) atoms. The van der Waals surface area contributed by atoms with E-state index < -0.39 is 11.0 Å². The molecule has 1 aliphatic heterocycles. The molecule has 0 spiro atoms. The van der Waals surface area contributed by atoms with Crippen molar-refractivity contribution < 1.29 is 14.8 Å². The average molecular weight is 279 g/mol. The number of nitro groups is 1. The van der Waals surface area contributed by atoms with E-state index in [4.69, 9.17) is 5.11 Å². The van der Waals surface area contributed by atoms with Gasteiger partial charge in [-0.3, -0.25) is 10.1 Å². The van der Waals surface area contributed by atoms with E-state index in [9.17, 15) is 14.9 Å². The number of hydrogen-bond acceptors (Lipinski definition) is 4. The molecule has 0 aromatic heterocycles. The Kier molecular flexibility index (Phi) is 4.07. The van der Waals surface area contributed by atoms with Crippen molar-refractivity contribution in [2.75, 3.05) is 24.5 Å². The molecular weight excluding hydrogens is 262 g/mol. The molecule has 1 unspecified atom stereocenters. The zero-order valence-electron chi connectivity index (χ0n) is 11.2. The van der Waals surface area contributed by atoms with Gasteiger partial charge in [-0.2, -0.15) is 0 Å². The largest absolute Gasteiger partial charge is 0.465 e. The van der Waals surface area contributed by atoms with Crippen LogP contribution in [0.2, 0.25) is 0 Å². The highest BCUT2D eigenvalue weighted by atomic mass is 16.6. The first-order chi connectivity index (χ1) is 9.52. The van der Waals surface area contributed by atoms with Gasteiger partial charge >= 0.3 is 6.09 Å². The van der Waals surface area contributed by atoms with Gasteiger partial charge in [0.1, 0.15) is 0 Å². The summed E-state index contributed by atoms with van der Waals surface area (Å²) in [6.07, 6.45) is -0.125. The highest BCUT2D eigenvalue weighted by Gasteiger charge is 2.29. The number of nitro benzene ring substituents is 1. The fraction of sp³-hybridized carbons (Fsp3) is 0.462. The lowest BCUT2D eigenvalue weighted by Crippen LogP contribution is -2.41. The second-order valence-electron chi connectivity index (χ2n) is 4.73. The second kappa shape index (κ2) is 5.77. The monoisotopic (exact) mass is 279 g/mol. The van der Waals surface area contributed by atoms with Crippen LogP contribution in [-0.4, -0.2) is 46.7 Å². The zero-order chi connectivity index (χ0) is 14.7. The number of carboxylic acid groups (broad SMARTS) is 1. The van der Waals surface area contributed by atoms with Crippen LogP contribution in [0.4, 0.5) is 16.2 Å². The fourth-order valence-electron chi connectivity index (χ4n) is 2.57. The first kappa shape index (κ1) is 14.1. The van der Waals surface area contributed by atoms with Crippen LogP contribution in [0.15, 0.2) is 24.3 Å². The summed E-state index contributed by atoms with van der Waals surface area (Å²) in [5.41, 5.74) is 0.949. The number of amides is 1. The summed E-state index contributed by atoms with van der Waals surface area (Å²) in [7, 11) is 0. The second-order valence-corrected chi connectivity index (χ2v) is 4.73. The van der Waals surface area contributed by atoms with E-state index in [2.05, 4.69) is 4.90 Å². The Bertz CT molecular complexity index is 503. The van der Waals surface area contributed by atoms with Gasteiger partial charge in [0.15, 0.2) is 0 Å². The van der Waals surface area contributed by atoms with Crippen molar-refractivity contribution in [2.24, 2.45) is 0 Å². The van der Waals surface area contributed by atoms with Crippen molar-refractivity contribution in [2.45, 2.75) is 19.4 Å². The normalized spacial score (nSPS) is 18.1. The average Bonchev–Trinajstić information content (AvgIpc) is 2.88. The van der Waals surface area contributed by atoms with E-state index in [-0.39, 0.29) is 11.7 Å². The van der Waals surface area contributed by atoms with Crippen molar-refractivity contribution in [3.8, 4) is 0 Å². The first-order valence-electron chi connectivity index (χ1n) is 6.52. The zero-order valence-corrected chi connectivity index (χ0v) is 11.2. The summed E-state index contributed by atoms with van der Waals surface area (Å²) in [5.74, 6) is 0. The summed E-state index contributed by atoms with van der Waals surface area (Å²) in [5, 5.41) is 19.7. The van der Waals surface area contributed by atoms with Gasteiger partial charge in [-0.15, -0.1) is 0 Å². The molecule has 108 valence electrons. The molecule has 7 nitrogen and oxygen atoms in total. The van der Waals surface area contributed by atoms with E-state index in [1.54, 1.807) is 12.1 Å². The highest BCUT2D eigenvalue weighted by Crippen LogP contribution is 2.25. The summed E-state index contributed by atoms with van der Waals surface area (Å²) in [6, 6.07) is 6.33. The predicted octanol–water partition coefficient (Wildman–Crippen LogP) is 2.17. The fourth-order valence-corrected chi connectivity index (χ4v) is 2.57. The quantitative estimate of drug-likeness (QED) is 0.674. The molecule has 1 fully saturated rings. The molecular formula is C13H17N3O4. The van der Waals surface area contributed by atoms with Gasteiger partial charge in [-0.05, 0) is 25.5 Å². The summed E-state index contributed by atoms with van der Waals surface area (Å²) < 4.78 is 0. The maximum Gasteiger partial charge on any atom is 0.407 e. The molecule has 1 aliphatic rings. The molecule has 0 bridgehead atoms. The lowest BCUT2D eigenvalue weighted by molar-refractivity contribution is -0.384. The summed E-state index contributed by atoms with van der Waals surface area (Å²) >= 11 is 0. The molecule has 0 saturated carbocycles. The molecule has 1 amide bonds. The molecule has 7 heteroatoms. The Hall–Kier alpha value is -2.31. The lowest BCUT2D eigenvalue weighted by atomic mass is 10.2. The smallest absolute Gasteiger partial charge is 0.407 e. The van der Waals surface area contributed by atoms with Gasteiger partial charge in [0.2, 0.25) is 0 Å². The third-order valence-electron chi connectivity index (χ3n) is 3.62. The number of rotatable bonds is 4. The van der Waals surface area contributed by atoms with Gasteiger partial charge in [-0.1, -0.05) is 0 Å². The molecule has 1 N–H and O–H groups in total. The number of non-ortho nitro benzene ring substituents is 1. The number of likely N-dealkylation sites (N-methyl/N-ethyl adjacent to an activating group) is 1. The molecule has 0 aliphatic carbocycles. The van der Waals surface area contributed by atoms with Gasteiger partial charge in [-0.25, -0.2) is 4.79 Å². The number of benzene rings is 1. The van der Waals surface area contributed by atoms with E-state index in [1.165, 1.54) is 17.0 Å². The molecule has 1 saturated heterocycles. The number of hydrogen-bond donors (Lipinski definition) is 1. The maximum atomic E-state index is 11.1. The molecule has 1 heterocycles. The number of nitrogens with zero attached hydrogens (tertiary/aromatic N) is 3. The third kappa shape index (κ3) is 2.81. The van der Waals surface area contributed by atoms with Gasteiger partial charge < -0.3 is 14.9 Å². The van der Waals surface area contributed by atoms with Crippen LogP contribution in [0, 0.1) is 10.1 Å². The Balaban J connectivity index is 2.05. The number of carbonyl (C=O) groups is 1. The molecule has 1 atom stereocenters. The van der Waals surface area contributed by atoms with E-state index >= 15 is 0 Å². The summed E-state index contributed by atoms with van der Waals surface area (Å²) in [4.78, 5) is 24.8. The Morgan fingerprint density at radius 1 is 1.50 bits per heavy atom. The van der Waals surface area contributed by atoms with Gasteiger partial charge in [0.05, 0.1) is 11.0 Å². The maximum absolute atomic E-state index is 11.1. The SMILES string of the molecule is CCN(C(=O)O)C1CCN(c2ccc([N+](=O)[O-])cc2)C1. The summed E-state index contributed by atoms with van der Waals surface area (Å²) in [6.45, 7) is 3.67. The minimum atomic E-state index is -0.900. The van der Waals surface area contributed by atoms with E-state index in [0.717, 1.165) is 18.7 Å². The van der Waals surface area contributed by atoms with Crippen LogP contribution >= 0.6 is 0 Å². The Labute approximate surface area is 116 Å². The van der Waals surface area contributed by atoms with Crippen molar-refractivity contribution in [1.82, 2.24) is 4.90 Å². The van der Waals surface area contributed by atoms with Gasteiger partial charge in [0, 0.05) is 37.5 Å². The van der Waals surface area contributed by atoms with Crippen LogP contribution in [0.1, 0.15) is 13.3 Å². The van der Waals surface area contributed by atoms with Gasteiger partial charge in [0.25, 0.3) is 5.69 Å². The topological polar surface area (TPSA) is 86.9 Å². The molecule has 1 aromatic carbocycles. The van der Waals surface area contributed by atoms with Crippen LogP contribution in [0.5, 0.6) is 0 Å². The van der Waals surface area contributed by atoms with Crippen molar-refractivity contribution in [3.05, 3.63) is 34.4 Å². The van der Waals surface area contributed by atoms with Crippen molar-refractivity contribution in [3.63, 3.8) is 0 Å². The molecule has 1 aromatic rings. The van der Waals surface area contributed by atoms with Crippen molar-refractivity contribution in [1.29, 1.82) is 0 Å². The lowest BCUT2D eigenvalue weighted by Gasteiger charge is -2.25. The first-order valence-corrected chi connectivity index (χ1v) is 6.52. The van der Waals surface area contributed by atoms with Crippen LogP contribution in [0.3, 0.4) is 0 Å². The Morgan fingerprint density at radius 3 is 2.65 bits per heavy atom. The minimum absolute atomic E-state index is 0.0207. The van der Waals surface area contributed by atoms with Crippen LogP contribution in [0.25, 0.3) is 0 Å². The van der Waals surface area contributed by atoms with Crippen molar-refractivity contribution >= 4 is 17.5 Å². The highest BCUT2D eigenvalue weighted by molar-refractivity contribution is 5.66. The number of anilines is 1. The van der Waals surface area contributed by atoms with E-state index in [1.807, 2.05) is 6.92 Å². The van der Waals surface area contributed by atoms with Crippen LogP contribution in [-0.2, 0) is 0 Å². The van der Waals surface area contributed by atoms with E-state index in [0.29, 0.717) is 13.1 Å². The minimum Gasteiger partial charge on any atom is -0.465 e. The Morgan fingerprint density at radius 2 is 2.15 bits per heavy atom.